The van der Waals surface area contributed by atoms with Crippen molar-refractivity contribution in [2.75, 3.05) is 18.0 Å². The van der Waals surface area contributed by atoms with E-state index in [0.29, 0.717) is 36.8 Å². The van der Waals surface area contributed by atoms with E-state index in [9.17, 15) is 14.3 Å². The lowest BCUT2D eigenvalue weighted by atomic mass is 9.97. The van der Waals surface area contributed by atoms with Crippen LogP contribution in [-0.2, 0) is 4.79 Å². The van der Waals surface area contributed by atoms with Crippen LogP contribution < -0.4 is 4.90 Å². The number of carboxylic acid groups (broad SMARTS) is 1. The van der Waals surface area contributed by atoms with Crippen molar-refractivity contribution in [1.82, 2.24) is 4.98 Å². The molecular weight excluding hydrogens is 275 g/mol. The number of nitrogens with zero attached hydrogens (tertiary/aromatic N) is 2. The number of phenols is 1. The Labute approximate surface area is 120 Å². The van der Waals surface area contributed by atoms with E-state index in [2.05, 4.69) is 4.98 Å². The topological polar surface area (TPSA) is 73.7 Å². The van der Waals surface area contributed by atoms with Gasteiger partial charge in [0.15, 0.2) is 11.6 Å². The summed E-state index contributed by atoms with van der Waals surface area (Å²) in [4.78, 5) is 17.0. The normalized spacial score (nSPS) is 16.3. The summed E-state index contributed by atoms with van der Waals surface area (Å²) in [6, 6.07) is 5.96. The quantitative estimate of drug-likeness (QED) is 0.888. The van der Waals surface area contributed by atoms with Gasteiger partial charge in [-0.2, -0.15) is 0 Å². The standard InChI is InChI=1S/C15H15FN2O3/c16-12-8-10-7-11(19)1-2-13(10)17-14(12)18-5-3-9(4-6-18)15(20)21/h1-2,7-9,19H,3-6H2,(H,20,21). The van der Waals surface area contributed by atoms with Crippen LogP contribution in [0.2, 0.25) is 0 Å². The number of anilines is 1. The average Bonchev–Trinajstić information content (AvgIpc) is 2.46. The highest BCUT2D eigenvalue weighted by Gasteiger charge is 2.26. The first-order valence-electron chi connectivity index (χ1n) is 6.81. The van der Waals surface area contributed by atoms with Crippen LogP contribution >= 0.6 is 0 Å². The summed E-state index contributed by atoms with van der Waals surface area (Å²) in [5.41, 5.74) is 0.601. The maximum absolute atomic E-state index is 14.2. The zero-order valence-electron chi connectivity index (χ0n) is 11.3. The molecule has 2 aromatic rings. The number of carbonyl (C=O) groups is 1. The number of aromatic nitrogens is 1. The first-order chi connectivity index (χ1) is 10.0. The molecule has 2 N–H and O–H groups in total. The summed E-state index contributed by atoms with van der Waals surface area (Å²) >= 11 is 0. The van der Waals surface area contributed by atoms with Gasteiger partial charge in [-0.3, -0.25) is 4.79 Å². The van der Waals surface area contributed by atoms with Crippen LogP contribution in [0.15, 0.2) is 24.3 Å². The number of pyridine rings is 1. The molecule has 0 unspecified atom stereocenters. The molecular formula is C15H15FN2O3. The Morgan fingerprint density at radius 2 is 2.00 bits per heavy atom. The zero-order chi connectivity index (χ0) is 15.0. The van der Waals surface area contributed by atoms with Crippen molar-refractivity contribution in [3.05, 3.63) is 30.1 Å². The summed E-state index contributed by atoms with van der Waals surface area (Å²) < 4.78 is 14.2. The number of carboxylic acids is 1. The second-order valence-corrected chi connectivity index (χ2v) is 5.27. The van der Waals surface area contributed by atoms with Crippen LogP contribution in [0.3, 0.4) is 0 Å². The Balaban J connectivity index is 1.89. The molecule has 110 valence electrons. The minimum atomic E-state index is -0.794. The fourth-order valence-corrected chi connectivity index (χ4v) is 2.69. The zero-order valence-corrected chi connectivity index (χ0v) is 11.3. The summed E-state index contributed by atoms with van der Waals surface area (Å²) in [6.07, 6.45) is 0.980. The third kappa shape index (κ3) is 2.61. The van der Waals surface area contributed by atoms with Crippen LogP contribution in [0.25, 0.3) is 10.9 Å². The van der Waals surface area contributed by atoms with Gasteiger partial charge in [-0.1, -0.05) is 0 Å². The molecule has 3 rings (SSSR count). The Kier molecular flexibility index (Phi) is 3.37. The Hall–Kier alpha value is -2.37. The van der Waals surface area contributed by atoms with Gasteiger partial charge in [0, 0.05) is 18.5 Å². The highest BCUT2D eigenvalue weighted by atomic mass is 19.1. The van der Waals surface area contributed by atoms with Crippen LogP contribution in [0, 0.1) is 11.7 Å². The molecule has 1 aliphatic heterocycles. The largest absolute Gasteiger partial charge is 0.508 e. The molecule has 6 heteroatoms. The smallest absolute Gasteiger partial charge is 0.306 e. The number of halogens is 1. The van der Waals surface area contributed by atoms with E-state index in [1.807, 2.05) is 0 Å². The first kappa shape index (κ1) is 13.6. The highest BCUT2D eigenvalue weighted by molar-refractivity contribution is 5.82. The number of fused-ring (bicyclic) bond motifs is 1. The van der Waals surface area contributed by atoms with E-state index in [1.54, 1.807) is 11.0 Å². The number of hydrogen-bond acceptors (Lipinski definition) is 4. The molecule has 1 saturated heterocycles. The van der Waals surface area contributed by atoms with Crippen molar-refractivity contribution in [3.8, 4) is 5.75 Å². The minimum Gasteiger partial charge on any atom is -0.508 e. The lowest BCUT2D eigenvalue weighted by Gasteiger charge is -2.31. The third-order valence-corrected chi connectivity index (χ3v) is 3.88. The van der Waals surface area contributed by atoms with E-state index in [0.717, 1.165) is 0 Å². The highest BCUT2D eigenvalue weighted by Crippen LogP contribution is 2.28. The SMILES string of the molecule is O=C(O)C1CCN(c2nc3ccc(O)cc3cc2F)CC1. The minimum absolute atomic E-state index is 0.0683. The number of piperidine rings is 1. The van der Waals surface area contributed by atoms with E-state index in [-0.39, 0.29) is 17.5 Å². The van der Waals surface area contributed by atoms with Gasteiger partial charge in [0.25, 0.3) is 0 Å². The lowest BCUT2D eigenvalue weighted by Crippen LogP contribution is -2.37. The second kappa shape index (κ2) is 5.20. The van der Waals surface area contributed by atoms with Crippen LogP contribution in [0.5, 0.6) is 5.75 Å². The van der Waals surface area contributed by atoms with Gasteiger partial charge in [-0.25, -0.2) is 9.37 Å². The van der Waals surface area contributed by atoms with Gasteiger partial charge in [-0.15, -0.1) is 0 Å². The van der Waals surface area contributed by atoms with Crippen LogP contribution in [0.4, 0.5) is 10.2 Å². The van der Waals surface area contributed by atoms with Crippen molar-refractivity contribution >= 4 is 22.7 Å². The monoisotopic (exact) mass is 290 g/mol. The number of hydrogen-bond donors (Lipinski definition) is 2. The molecule has 2 heterocycles. The molecule has 0 amide bonds. The van der Waals surface area contributed by atoms with Crippen molar-refractivity contribution in [1.29, 1.82) is 0 Å². The van der Waals surface area contributed by atoms with Gasteiger partial charge in [0.1, 0.15) is 5.75 Å². The molecule has 0 bridgehead atoms. The number of aromatic hydroxyl groups is 1. The summed E-state index contributed by atoms with van der Waals surface area (Å²) in [5, 5.41) is 18.9. The van der Waals surface area contributed by atoms with Gasteiger partial charge < -0.3 is 15.1 Å². The molecule has 1 aromatic heterocycles. The molecule has 0 radical (unpaired) electrons. The first-order valence-corrected chi connectivity index (χ1v) is 6.81. The Morgan fingerprint density at radius 3 is 2.67 bits per heavy atom. The van der Waals surface area contributed by atoms with Crippen LogP contribution in [0.1, 0.15) is 12.8 Å². The fourth-order valence-electron chi connectivity index (χ4n) is 2.69. The molecule has 0 spiro atoms. The summed E-state index contributed by atoms with van der Waals surface area (Å²) in [6.45, 7) is 0.953. The van der Waals surface area contributed by atoms with Crippen molar-refractivity contribution in [2.24, 2.45) is 5.92 Å². The number of rotatable bonds is 2. The average molecular weight is 290 g/mol. The van der Waals surface area contributed by atoms with Gasteiger partial charge in [-0.05, 0) is 37.1 Å². The molecule has 0 atom stereocenters. The molecule has 21 heavy (non-hydrogen) atoms. The van der Waals surface area contributed by atoms with Gasteiger partial charge >= 0.3 is 5.97 Å². The van der Waals surface area contributed by atoms with Gasteiger partial charge in [0.2, 0.25) is 0 Å². The molecule has 0 aliphatic carbocycles. The maximum atomic E-state index is 14.2. The number of phenolic OH excluding ortho intramolecular Hbond substituents is 1. The molecule has 1 fully saturated rings. The van der Waals surface area contributed by atoms with Gasteiger partial charge in [0.05, 0.1) is 11.4 Å². The molecule has 0 saturated carbocycles. The van der Waals surface area contributed by atoms with Crippen molar-refractivity contribution < 1.29 is 19.4 Å². The maximum Gasteiger partial charge on any atom is 0.306 e. The Bertz CT molecular complexity index is 697. The van der Waals surface area contributed by atoms with E-state index < -0.39 is 11.8 Å². The predicted octanol–water partition coefficient (Wildman–Crippen LogP) is 2.38. The molecule has 1 aliphatic rings. The van der Waals surface area contributed by atoms with Crippen molar-refractivity contribution in [3.63, 3.8) is 0 Å². The lowest BCUT2D eigenvalue weighted by molar-refractivity contribution is -0.142. The molecule has 5 nitrogen and oxygen atoms in total. The van der Waals surface area contributed by atoms with Crippen molar-refractivity contribution in [2.45, 2.75) is 12.8 Å². The van der Waals surface area contributed by atoms with E-state index >= 15 is 0 Å². The second-order valence-electron chi connectivity index (χ2n) is 5.27. The van der Waals surface area contributed by atoms with E-state index in [1.165, 1.54) is 18.2 Å². The number of benzene rings is 1. The summed E-state index contributed by atoms with van der Waals surface area (Å²) in [7, 11) is 0. The van der Waals surface area contributed by atoms with Crippen LogP contribution in [-0.4, -0.2) is 34.3 Å². The third-order valence-electron chi connectivity index (χ3n) is 3.88. The summed E-state index contributed by atoms with van der Waals surface area (Å²) in [5.74, 6) is -1.29. The Morgan fingerprint density at radius 1 is 1.29 bits per heavy atom. The fraction of sp³-hybridized carbons (Fsp3) is 0.333. The molecule has 1 aromatic carbocycles. The van der Waals surface area contributed by atoms with E-state index in [4.69, 9.17) is 5.11 Å². The predicted molar refractivity (Wildman–Crippen MR) is 75.9 cm³/mol. The number of aliphatic carboxylic acids is 1.